The third kappa shape index (κ3) is 11.1. The first-order valence-electron chi connectivity index (χ1n) is 22.3. The van der Waals surface area contributed by atoms with Gasteiger partial charge in [-0.15, -0.1) is 0 Å². The van der Waals surface area contributed by atoms with Crippen LogP contribution in [-0.4, -0.2) is 71.3 Å². The molecule has 4 N–H and O–H groups in total. The Bertz CT molecular complexity index is 2110. The van der Waals surface area contributed by atoms with Crippen molar-refractivity contribution in [2.75, 3.05) is 13.7 Å². The molecule has 2 saturated heterocycles. The van der Waals surface area contributed by atoms with Gasteiger partial charge in [0.15, 0.2) is 6.29 Å². The average Bonchev–Trinajstić information content (AvgIpc) is 3.28. The lowest BCUT2D eigenvalue weighted by Gasteiger charge is -2.51. The molecule has 0 unspecified atom stereocenters. The van der Waals surface area contributed by atoms with Crippen LogP contribution in [0.2, 0.25) is 0 Å². The van der Waals surface area contributed by atoms with Crippen LogP contribution in [0, 0.1) is 11.8 Å². The number of hydrogen-bond donors (Lipinski definition) is 4. The number of amides is 3. The number of aliphatic hydroxyl groups excluding tert-OH is 1. The van der Waals surface area contributed by atoms with E-state index >= 15 is 0 Å². The van der Waals surface area contributed by atoms with Crippen LogP contribution in [0.15, 0.2) is 103 Å². The van der Waals surface area contributed by atoms with Gasteiger partial charge in [0.25, 0.3) is 0 Å². The molecule has 8 atom stereocenters. The van der Waals surface area contributed by atoms with Crippen molar-refractivity contribution in [2.24, 2.45) is 11.8 Å². The second kappa shape index (κ2) is 20.4. The van der Waals surface area contributed by atoms with Gasteiger partial charge < -0.3 is 35.3 Å². The molecule has 0 aromatic heterocycles. The first-order valence-corrected chi connectivity index (χ1v) is 22.3. The van der Waals surface area contributed by atoms with Crippen molar-refractivity contribution in [1.29, 1.82) is 0 Å². The Hall–Kier alpha value is -5.07. The van der Waals surface area contributed by atoms with Crippen LogP contribution in [0.25, 0.3) is 11.1 Å². The smallest absolute Gasteiger partial charge is 0.328 e. The van der Waals surface area contributed by atoms with E-state index in [9.17, 15) is 19.5 Å². The highest BCUT2D eigenvalue weighted by Gasteiger charge is 2.46. The summed E-state index contributed by atoms with van der Waals surface area (Å²) in [6.07, 6.45) is 5.72. The molecule has 4 aromatic carbocycles. The van der Waals surface area contributed by atoms with E-state index in [-0.39, 0.29) is 48.8 Å². The molecule has 2 heterocycles. The van der Waals surface area contributed by atoms with Crippen molar-refractivity contribution in [3.63, 3.8) is 0 Å². The summed E-state index contributed by atoms with van der Waals surface area (Å²) in [5.41, 5.74) is 6.14. The Labute approximate surface area is 366 Å². The van der Waals surface area contributed by atoms with Crippen LogP contribution in [0.5, 0.6) is 0 Å². The summed E-state index contributed by atoms with van der Waals surface area (Å²) in [5, 5.41) is 18.8. The Morgan fingerprint density at radius 2 is 1.52 bits per heavy atom. The molecule has 0 bridgehead atoms. The topological polar surface area (TPSA) is 138 Å². The summed E-state index contributed by atoms with van der Waals surface area (Å²) in [6, 6.07) is 32.4. The predicted molar refractivity (Wildman–Crippen MR) is 240 cm³/mol. The van der Waals surface area contributed by atoms with Crippen LogP contribution in [0.3, 0.4) is 0 Å². The summed E-state index contributed by atoms with van der Waals surface area (Å²) in [4.78, 5) is 42.1. The van der Waals surface area contributed by atoms with Crippen LogP contribution >= 0.6 is 0 Å². The number of ether oxygens (including phenoxy) is 3. The van der Waals surface area contributed by atoms with E-state index in [4.69, 9.17) is 14.2 Å². The number of urea groups is 1. The van der Waals surface area contributed by atoms with Crippen molar-refractivity contribution in [3.05, 3.63) is 131 Å². The number of hydrogen-bond acceptors (Lipinski definition) is 8. The third-order valence-corrected chi connectivity index (χ3v) is 12.8. The molecule has 7 rings (SSSR count). The van der Waals surface area contributed by atoms with E-state index < -0.39 is 24.3 Å². The maximum atomic E-state index is 14.0. The predicted octanol–water partition coefficient (Wildman–Crippen LogP) is 8.16. The fourth-order valence-corrected chi connectivity index (χ4v) is 9.61. The molecule has 0 radical (unpaired) electrons. The summed E-state index contributed by atoms with van der Waals surface area (Å²) in [5.74, 6) is 0.124. The molecule has 11 nitrogen and oxygen atoms in total. The summed E-state index contributed by atoms with van der Waals surface area (Å²) >= 11 is 0. The lowest BCUT2D eigenvalue weighted by atomic mass is 9.75. The zero-order chi connectivity index (χ0) is 43.8. The molecule has 3 fully saturated rings. The average molecular weight is 845 g/mol. The third-order valence-electron chi connectivity index (χ3n) is 12.8. The number of rotatable bonds is 13. The van der Waals surface area contributed by atoms with Crippen LogP contribution < -0.4 is 16.0 Å². The molecular weight excluding hydrogens is 781 g/mol. The number of esters is 1. The number of methoxy groups -OCH3 is 1. The van der Waals surface area contributed by atoms with Gasteiger partial charge in [-0.2, -0.15) is 0 Å². The molecule has 1 saturated carbocycles. The lowest BCUT2D eigenvalue weighted by molar-refractivity contribution is -0.278. The van der Waals surface area contributed by atoms with Crippen molar-refractivity contribution < 1.29 is 33.7 Å². The molecule has 11 heteroatoms. The van der Waals surface area contributed by atoms with Crippen molar-refractivity contribution in [2.45, 2.75) is 128 Å². The van der Waals surface area contributed by atoms with E-state index in [1.54, 1.807) is 0 Å². The maximum absolute atomic E-state index is 14.0. The van der Waals surface area contributed by atoms with Gasteiger partial charge in [-0.05, 0) is 85.8 Å². The van der Waals surface area contributed by atoms with Crippen LogP contribution in [0.1, 0.15) is 106 Å². The minimum atomic E-state index is -0.838. The van der Waals surface area contributed by atoms with E-state index in [1.807, 2.05) is 112 Å². The Balaban J connectivity index is 1.10. The first-order chi connectivity index (χ1) is 29.9. The van der Waals surface area contributed by atoms with Gasteiger partial charge in [0.05, 0.1) is 32.0 Å². The number of nitrogens with one attached hydrogen (secondary N) is 3. The van der Waals surface area contributed by atoms with Crippen molar-refractivity contribution >= 4 is 17.9 Å². The number of aliphatic hydroxyl groups is 1. The number of carbonyl (C=O) groups excluding carboxylic acids is 3. The second-order valence-corrected chi connectivity index (χ2v) is 18.3. The van der Waals surface area contributed by atoms with E-state index in [2.05, 4.69) is 39.9 Å². The zero-order valence-electron chi connectivity index (χ0n) is 36.8. The normalized spacial score (nSPS) is 24.6. The monoisotopic (exact) mass is 844 g/mol. The summed E-state index contributed by atoms with van der Waals surface area (Å²) < 4.78 is 18.8. The van der Waals surface area contributed by atoms with Gasteiger partial charge in [0.2, 0.25) is 5.91 Å². The summed E-state index contributed by atoms with van der Waals surface area (Å²) in [7, 11) is 1.31. The lowest BCUT2D eigenvalue weighted by Crippen LogP contribution is -2.61. The fraction of sp³-hybridized carbons (Fsp3) is 0.471. The van der Waals surface area contributed by atoms with Gasteiger partial charge in [-0.1, -0.05) is 123 Å². The summed E-state index contributed by atoms with van der Waals surface area (Å²) in [6.45, 7) is 9.13. The Morgan fingerprint density at radius 1 is 0.823 bits per heavy atom. The Morgan fingerprint density at radius 3 is 2.23 bits per heavy atom. The number of fused-ring (bicyclic) bond motifs is 1. The van der Waals surface area contributed by atoms with Gasteiger partial charge in [0, 0.05) is 42.6 Å². The highest BCUT2D eigenvalue weighted by atomic mass is 16.7. The molecule has 2 aliphatic heterocycles. The number of piperidine rings is 1. The minimum absolute atomic E-state index is 0.0291. The molecule has 0 spiro atoms. The van der Waals surface area contributed by atoms with Crippen molar-refractivity contribution in [3.8, 4) is 11.1 Å². The van der Waals surface area contributed by atoms with Crippen LogP contribution in [0.4, 0.5) is 4.79 Å². The molecule has 4 aromatic rings. The quantitative estimate of drug-likeness (QED) is 0.0990. The molecule has 1 aliphatic carbocycles. The second-order valence-electron chi connectivity index (χ2n) is 18.3. The molecule has 62 heavy (non-hydrogen) atoms. The number of carbonyl (C=O) groups is 3. The molecule has 3 aliphatic rings. The molecule has 3 amide bonds. The molecular formula is C51H64N4O7. The molecule has 330 valence electrons. The number of benzene rings is 4. The fourth-order valence-electron chi connectivity index (χ4n) is 9.61. The van der Waals surface area contributed by atoms with Gasteiger partial charge in [-0.25, -0.2) is 9.59 Å². The largest absolute Gasteiger partial charge is 0.467 e. The Kier molecular flexibility index (Phi) is 14.8. The van der Waals surface area contributed by atoms with Gasteiger partial charge >= 0.3 is 12.0 Å². The van der Waals surface area contributed by atoms with Gasteiger partial charge in [-0.3, -0.25) is 9.69 Å². The number of likely N-dealkylation sites (tertiary alicyclic amines) is 1. The van der Waals surface area contributed by atoms with Crippen LogP contribution in [-0.2, 0) is 43.4 Å². The van der Waals surface area contributed by atoms with Gasteiger partial charge in [0.1, 0.15) is 6.04 Å². The first kappa shape index (κ1) is 45.0. The highest BCUT2D eigenvalue weighted by molar-refractivity contribution is 5.84. The zero-order valence-corrected chi connectivity index (χ0v) is 36.8. The minimum Gasteiger partial charge on any atom is -0.467 e. The van der Waals surface area contributed by atoms with E-state index in [1.165, 1.54) is 26.4 Å². The van der Waals surface area contributed by atoms with Crippen molar-refractivity contribution in [1.82, 2.24) is 20.9 Å². The number of nitrogens with zero attached hydrogens (tertiary/aromatic N) is 1. The SMILES string of the molecule is COC(=O)[C@H](Cc1ccccc1)NC(=O)NCc1ccccc1-c1ccc([C@@H]2O[C@H](CN3[C@@H](C(=O)NC(C)(C)C)CC[C@H]4CCCC[C@H]43)[C@H](C)[C@H](c3ccc(CO)cc3)O2)cc1. The highest BCUT2D eigenvalue weighted by Crippen LogP contribution is 2.44. The van der Waals surface area contributed by atoms with E-state index in [0.29, 0.717) is 24.9 Å². The maximum Gasteiger partial charge on any atom is 0.328 e. The standard InChI is InChI=1S/C51H64N4O7/c1-33-45(31-55-43-18-12-10-15-37(43)27-28-44(55)47(57)54-51(2,3)4)61-49(62-46(33)38-21-19-35(32-56)20-22-38)39-25-23-36(24-26-39)41-17-11-9-16-40(41)30-52-50(59)53-42(48(58)60-5)29-34-13-7-6-8-14-34/h6-9,11,13-14,16-17,19-26,33,37,42-46,49,56H,10,12,15,18,27-32H2,1-5H3,(H,54,57)(H2,52,53,59)/t33-,37+,42-,43+,44+,45+,46+,49+/m0/s1. The van der Waals surface area contributed by atoms with E-state index in [0.717, 1.165) is 58.2 Å².